The Labute approximate surface area is 347 Å². The molecule has 6 nitrogen and oxygen atoms in total. The number of hydrogen-bond acceptors (Lipinski definition) is 6. The lowest BCUT2D eigenvalue weighted by molar-refractivity contribution is -0.166. The van der Waals surface area contributed by atoms with Gasteiger partial charge in [0.1, 0.15) is 13.2 Å². The van der Waals surface area contributed by atoms with E-state index in [0.717, 1.165) is 51.4 Å². The maximum Gasteiger partial charge on any atom is 0.309 e. The fourth-order valence-corrected chi connectivity index (χ4v) is 4.82. The molecule has 0 fully saturated rings. The van der Waals surface area contributed by atoms with Gasteiger partial charge in [-0.15, -0.1) is 0 Å². The summed E-state index contributed by atoms with van der Waals surface area (Å²) in [4.78, 5) is 37.5. The molecule has 0 saturated carbocycles. The first-order valence-corrected chi connectivity index (χ1v) is 21.4. The van der Waals surface area contributed by atoms with Crippen molar-refractivity contribution in [1.82, 2.24) is 0 Å². The zero-order valence-corrected chi connectivity index (χ0v) is 35.5. The molecule has 6 heteroatoms. The third-order valence-corrected chi connectivity index (χ3v) is 7.97. The van der Waals surface area contributed by atoms with E-state index < -0.39 is 18.0 Å². The summed E-state index contributed by atoms with van der Waals surface area (Å²) in [7, 11) is 0. The molecule has 0 rings (SSSR count). The van der Waals surface area contributed by atoms with Crippen LogP contribution in [0.1, 0.15) is 136 Å². The Bertz CT molecular complexity index is 1360. The minimum absolute atomic E-state index is 0.102. The van der Waals surface area contributed by atoms with Crippen molar-refractivity contribution < 1.29 is 28.6 Å². The van der Waals surface area contributed by atoms with Crippen LogP contribution in [0.5, 0.6) is 0 Å². The second kappa shape index (κ2) is 44.0. The largest absolute Gasteiger partial charge is 0.462 e. The number of esters is 3. The van der Waals surface area contributed by atoms with E-state index in [9.17, 15) is 14.4 Å². The second-order valence-corrected chi connectivity index (χ2v) is 13.3. The van der Waals surface area contributed by atoms with Crippen LogP contribution in [0.15, 0.2) is 146 Å². The first-order chi connectivity index (χ1) is 28.0. The summed E-state index contributed by atoms with van der Waals surface area (Å²) >= 11 is 0. The fourth-order valence-electron chi connectivity index (χ4n) is 4.82. The summed E-state index contributed by atoms with van der Waals surface area (Å²) < 4.78 is 16.4. The van der Waals surface area contributed by atoms with Gasteiger partial charge in [-0.3, -0.25) is 14.4 Å². The molecule has 0 aromatic heterocycles. The number of unbranched alkanes of at least 4 members (excludes halogenated alkanes) is 5. The van der Waals surface area contributed by atoms with Crippen LogP contribution >= 0.6 is 0 Å². The molecule has 0 amide bonds. The van der Waals surface area contributed by atoms with Crippen LogP contribution in [-0.2, 0) is 28.6 Å². The van der Waals surface area contributed by atoms with Gasteiger partial charge in [0.2, 0.25) is 0 Å². The number of rotatable bonds is 35. The zero-order chi connectivity index (χ0) is 41.5. The number of carbonyl (C=O) groups is 3. The minimum atomic E-state index is -0.876. The SMILES string of the molecule is CC\C=C/C=C\C=C/C=C\C=C/CCCC(=O)OC(COC(=O)C/C=C\C/C=C\C/C=C\CC)COC(=O)CCC/C=C\C/C=C\C/C=C\C/C=C\CCCCC. The number of carbonyl (C=O) groups excluding carboxylic acids is 3. The molecule has 0 N–H and O–H groups in total. The highest BCUT2D eigenvalue weighted by atomic mass is 16.6. The molecule has 1 atom stereocenters. The van der Waals surface area contributed by atoms with E-state index in [1.165, 1.54) is 25.7 Å². The molecule has 0 aromatic rings. The normalized spacial score (nSPS) is 13.5. The molecular formula is C51H74O6. The van der Waals surface area contributed by atoms with Gasteiger partial charge in [-0.1, -0.05) is 179 Å². The van der Waals surface area contributed by atoms with Crippen LogP contribution in [0.2, 0.25) is 0 Å². The van der Waals surface area contributed by atoms with E-state index in [1.54, 1.807) is 6.08 Å². The highest BCUT2D eigenvalue weighted by molar-refractivity contribution is 5.72. The molecule has 314 valence electrons. The summed E-state index contributed by atoms with van der Waals surface area (Å²) in [6.07, 6.45) is 63.1. The molecule has 0 spiro atoms. The van der Waals surface area contributed by atoms with Crippen LogP contribution in [0.25, 0.3) is 0 Å². The molecule has 0 aromatic carbocycles. The molecule has 57 heavy (non-hydrogen) atoms. The molecule has 0 bridgehead atoms. The molecule has 0 saturated heterocycles. The topological polar surface area (TPSA) is 78.9 Å². The van der Waals surface area contributed by atoms with Crippen LogP contribution in [0.3, 0.4) is 0 Å². The standard InChI is InChI=1S/C51H74O6/c1-4-7-10-13-16-19-21-23-24-25-26-28-29-32-35-38-41-44-50(53)56-47-48(46-55-49(52)43-40-37-34-31-18-15-12-9-6-3)57-51(54)45-42-39-36-33-30-27-22-20-17-14-11-8-5-2/h8-9,11-12,14,16-20,22-24,26-28,30-33,35-37,40,48H,4-7,10,13,15,21,25,29,34,38-39,41-47H2,1-3H3/b11-8-,12-9-,17-14-,19-16-,22-20-,24-23-,28-26-,30-27-,31-18-,35-32-,36-33-,40-37-. The lowest BCUT2D eigenvalue weighted by Crippen LogP contribution is -2.30. The highest BCUT2D eigenvalue weighted by Gasteiger charge is 2.19. The van der Waals surface area contributed by atoms with Crippen molar-refractivity contribution in [3.05, 3.63) is 146 Å². The van der Waals surface area contributed by atoms with E-state index in [0.29, 0.717) is 19.3 Å². The number of hydrogen-bond donors (Lipinski definition) is 0. The predicted molar refractivity (Wildman–Crippen MR) is 242 cm³/mol. The zero-order valence-electron chi connectivity index (χ0n) is 35.5. The summed E-state index contributed by atoms with van der Waals surface area (Å²) in [6, 6.07) is 0. The van der Waals surface area contributed by atoms with Crippen LogP contribution < -0.4 is 0 Å². The lowest BCUT2D eigenvalue weighted by Gasteiger charge is -2.18. The van der Waals surface area contributed by atoms with Crippen molar-refractivity contribution in [2.45, 2.75) is 142 Å². The predicted octanol–water partition coefficient (Wildman–Crippen LogP) is 13.7. The quantitative estimate of drug-likeness (QED) is 0.0209. The Morgan fingerprint density at radius 3 is 1.37 bits per heavy atom. The van der Waals surface area contributed by atoms with Crippen LogP contribution in [-0.4, -0.2) is 37.2 Å². The van der Waals surface area contributed by atoms with Gasteiger partial charge in [-0.25, -0.2) is 0 Å². The van der Waals surface area contributed by atoms with Gasteiger partial charge in [0, 0.05) is 12.8 Å². The van der Waals surface area contributed by atoms with Gasteiger partial charge < -0.3 is 14.2 Å². The Morgan fingerprint density at radius 2 is 0.825 bits per heavy atom. The van der Waals surface area contributed by atoms with E-state index >= 15 is 0 Å². The van der Waals surface area contributed by atoms with Gasteiger partial charge in [0.25, 0.3) is 0 Å². The first kappa shape index (κ1) is 52.3. The van der Waals surface area contributed by atoms with Crippen LogP contribution in [0.4, 0.5) is 0 Å². The van der Waals surface area contributed by atoms with Gasteiger partial charge in [-0.05, 0) is 83.5 Å². The molecular weight excluding hydrogens is 709 g/mol. The van der Waals surface area contributed by atoms with E-state index in [2.05, 4.69) is 93.7 Å². The Morgan fingerprint density at radius 1 is 0.404 bits per heavy atom. The lowest BCUT2D eigenvalue weighted by atomic mass is 10.2. The third kappa shape index (κ3) is 42.3. The average Bonchev–Trinajstić information content (AvgIpc) is 3.21. The Kier molecular flexibility index (Phi) is 40.4. The van der Waals surface area contributed by atoms with Crippen molar-refractivity contribution in [3.63, 3.8) is 0 Å². The minimum Gasteiger partial charge on any atom is -0.462 e. The maximum atomic E-state index is 12.6. The second-order valence-electron chi connectivity index (χ2n) is 13.3. The van der Waals surface area contributed by atoms with Gasteiger partial charge in [-0.2, -0.15) is 0 Å². The summed E-state index contributed by atoms with van der Waals surface area (Å²) in [5, 5.41) is 0. The first-order valence-electron chi connectivity index (χ1n) is 21.4. The number of allylic oxidation sites excluding steroid dienone is 23. The Balaban J connectivity index is 4.67. The summed E-state index contributed by atoms with van der Waals surface area (Å²) in [5.41, 5.74) is 0. The van der Waals surface area contributed by atoms with Crippen molar-refractivity contribution >= 4 is 17.9 Å². The van der Waals surface area contributed by atoms with Crippen molar-refractivity contribution in [2.24, 2.45) is 0 Å². The van der Waals surface area contributed by atoms with E-state index in [-0.39, 0.29) is 38.4 Å². The molecule has 0 heterocycles. The summed E-state index contributed by atoms with van der Waals surface area (Å²) in [6.45, 7) is 6.08. The van der Waals surface area contributed by atoms with E-state index in [4.69, 9.17) is 14.2 Å². The Hall–Kier alpha value is -4.71. The molecule has 0 aliphatic carbocycles. The monoisotopic (exact) mass is 783 g/mol. The third-order valence-electron chi connectivity index (χ3n) is 7.97. The molecule has 0 aliphatic heterocycles. The molecule has 1 unspecified atom stereocenters. The van der Waals surface area contributed by atoms with Crippen LogP contribution in [0, 0.1) is 0 Å². The van der Waals surface area contributed by atoms with E-state index in [1.807, 2.05) is 66.8 Å². The highest BCUT2D eigenvalue weighted by Crippen LogP contribution is 2.07. The maximum absolute atomic E-state index is 12.6. The van der Waals surface area contributed by atoms with Gasteiger partial charge in [0.15, 0.2) is 6.10 Å². The molecule has 0 radical (unpaired) electrons. The fraction of sp³-hybridized carbons (Fsp3) is 0.471. The molecule has 0 aliphatic rings. The summed E-state index contributed by atoms with van der Waals surface area (Å²) in [5.74, 6) is -1.24. The average molecular weight is 783 g/mol. The van der Waals surface area contributed by atoms with Gasteiger partial charge >= 0.3 is 17.9 Å². The van der Waals surface area contributed by atoms with Crippen molar-refractivity contribution in [3.8, 4) is 0 Å². The van der Waals surface area contributed by atoms with Crippen molar-refractivity contribution in [1.29, 1.82) is 0 Å². The van der Waals surface area contributed by atoms with Crippen molar-refractivity contribution in [2.75, 3.05) is 13.2 Å². The smallest absolute Gasteiger partial charge is 0.309 e. The number of ether oxygens (including phenoxy) is 3. The van der Waals surface area contributed by atoms with Gasteiger partial charge in [0.05, 0.1) is 6.42 Å².